The smallest absolute Gasteiger partial charge is 0.325 e. The fourth-order valence-corrected chi connectivity index (χ4v) is 1.69. The number of aliphatic carboxylic acids is 1. The Hall–Kier alpha value is -2.46. The molecule has 0 aromatic carbocycles. The van der Waals surface area contributed by atoms with Gasteiger partial charge in [-0.05, 0) is 13.8 Å². The molecule has 0 spiro atoms. The fraction of sp³-hybridized carbons (Fsp3) is 0.538. The highest BCUT2D eigenvalue weighted by Gasteiger charge is 2.28. The van der Waals surface area contributed by atoms with E-state index in [0.29, 0.717) is 5.69 Å². The molecule has 0 aliphatic carbocycles. The Kier molecular flexibility index (Phi) is 6.66. The molecule has 0 aliphatic rings. The maximum Gasteiger partial charge on any atom is 0.325 e. The quantitative estimate of drug-likeness (QED) is 0.312. The van der Waals surface area contributed by atoms with Crippen LogP contribution in [0.3, 0.4) is 0 Å². The van der Waals surface area contributed by atoms with E-state index in [0.717, 1.165) is 0 Å². The molecule has 2 amide bonds. The Labute approximate surface area is 132 Å². The molecule has 1 heterocycles. The van der Waals surface area contributed by atoms with Crippen LogP contribution in [0, 0.1) is 0 Å². The summed E-state index contributed by atoms with van der Waals surface area (Å²) in [6.45, 7) is 2.65. The number of aliphatic hydroxyl groups is 1. The van der Waals surface area contributed by atoms with E-state index >= 15 is 0 Å². The number of carboxylic acids is 1. The van der Waals surface area contributed by atoms with Crippen LogP contribution in [0.1, 0.15) is 19.5 Å². The highest BCUT2D eigenvalue weighted by molar-refractivity contribution is 5.92. The van der Waals surface area contributed by atoms with Crippen LogP contribution < -0.4 is 16.4 Å². The number of carboxylic acid groups (broad SMARTS) is 1. The Morgan fingerprint density at radius 2 is 1.96 bits per heavy atom. The monoisotopic (exact) mass is 327 g/mol. The number of amides is 2. The first-order chi connectivity index (χ1) is 10.7. The largest absolute Gasteiger partial charge is 0.480 e. The summed E-state index contributed by atoms with van der Waals surface area (Å²) < 4.78 is 0. The standard InChI is InChI=1S/C13H21N5O5/c1-6(13(22)23)17-11(20)9(3-8-4-15-5-16-8)18-12(21)10(14)7(2)19/h4-7,9-10,19H,3,14H2,1-2H3,(H,15,16)(H,17,20)(H,18,21)(H,22,23). The summed E-state index contributed by atoms with van der Waals surface area (Å²) in [6.07, 6.45) is 1.86. The summed E-state index contributed by atoms with van der Waals surface area (Å²) in [5.41, 5.74) is 6.09. The molecule has 0 aliphatic heterocycles. The van der Waals surface area contributed by atoms with Crippen molar-refractivity contribution in [3.8, 4) is 0 Å². The van der Waals surface area contributed by atoms with Gasteiger partial charge in [0, 0.05) is 18.3 Å². The summed E-state index contributed by atoms with van der Waals surface area (Å²) in [7, 11) is 0. The van der Waals surface area contributed by atoms with Gasteiger partial charge in [0.25, 0.3) is 0 Å². The lowest BCUT2D eigenvalue weighted by atomic mass is 10.1. The van der Waals surface area contributed by atoms with Gasteiger partial charge >= 0.3 is 5.97 Å². The number of rotatable bonds is 8. The number of aliphatic hydroxyl groups excluding tert-OH is 1. The number of H-pyrrole nitrogens is 1. The lowest BCUT2D eigenvalue weighted by Gasteiger charge is -2.22. The van der Waals surface area contributed by atoms with Gasteiger partial charge in [0.15, 0.2) is 0 Å². The van der Waals surface area contributed by atoms with Crippen LogP contribution in [0.25, 0.3) is 0 Å². The molecule has 128 valence electrons. The first kappa shape index (κ1) is 18.6. The second kappa shape index (κ2) is 8.25. The summed E-state index contributed by atoms with van der Waals surface area (Å²) in [4.78, 5) is 41.5. The van der Waals surface area contributed by atoms with Crippen molar-refractivity contribution in [2.24, 2.45) is 5.73 Å². The molecular formula is C13H21N5O5. The minimum Gasteiger partial charge on any atom is -0.480 e. The number of carbonyl (C=O) groups is 3. The average Bonchev–Trinajstić information content (AvgIpc) is 2.98. The van der Waals surface area contributed by atoms with Crippen molar-refractivity contribution in [3.05, 3.63) is 18.2 Å². The molecule has 0 saturated carbocycles. The number of aromatic nitrogens is 2. The molecule has 10 nitrogen and oxygen atoms in total. The molecule has 1 aromatic heterocycles. The van der Waals surface area contributed by atoms with Gasteiger partial charge in [-0.1, -0.05) is 0 Å². The van der Waals surface area contributed by atoms with Crippen LogP contribution in [0.5, 0.6) is 0 Å². The second-order valence-corrected chi connectivity index (χ2v) is 5.18. The van der Waals surface area contributed by atoms with Crippen molar-refractivity contribution >= 4 is 17.8 Å². The number of carbonyl (C=O) groups excluding carboxylic acids is 2. The number of aromatic amines is 1. The van der Waals surface area contributed by atoms with Gasteiger partial charge in [0.1, 0.15) is 18.1 Å². The van der Waals surface area contributed by atoms with Crippen LogP contribution in [0.4, 0.5) is 0 Å². The summed E-state index contributed by atoms with van der Waals surface area (Å²) in [5, 5.41) is 22.9. The number of nitrogens with zero attached hydrogens (tertiary/aromatic N) is 1. The molecule has 7 N–H and O–H groups in total. The van der Waals surface area contributed by atoms with E-state index in [1.807, 2.05) is 0 Å². The fourth-order valence-electron chi connectivity index (χ4n) is 1.69. The van der Waals surface area contributed by atoms with Crippen molar-refractivity contribution < 1.29 is 24.6 Å². The van der Waals surface area contributed by atoms with Crippen molar-refractivity contribution in [3.63, 3.8) is 0 Å². The third-order valence-corrected chi connectivity index (χ3v) is 3.16. The van der Waals surface area contributed by atoms with Crippen LogP contribution in [-0.4, -0.2) is 62.2 Å². The van der Waals surface area contributed by atoms with Gasteiger partial charge in [-0.3, -0.25) is 14.4 Å². The van der Waals surface area contributed by atoms with Crippen LogP contribution >= 0.6 is 0 Å². The zero-order chi connectivity index (χ0) is 17.6. The van der Waals surface area contributed by atoms with E-state index < -0.39 is 42.0 Å². The summed E-state index contributed by atoms with van der Waals surface area (Å²) >= 11 is 0. The molecule has 1 rings (SSSR count). The minimum absolute atomic E-state index is 0.0659. The molecule has 0 fully saturated rings. The Balaban J connectivity index is 2.82. The van der Waals surface area contributed by atoms with Crippen LogP contribution in [0.2, 0.25) is 0 Å². The van der Waals surface area contributed by atoms with Crippen molar-refractivity contribution in [1.82, 2.24) is 20.6 Å². The third-order valence-electron chi connectivity index (χ3n) is 3.16. The van der Waals surface area contributed by atoms with E-state index in [1.165, 1.54) is 26.4 Å². The van der Waals surface area contributed by atoms with E-state index in [1.54, 1.807) is 0 Å². The second-order valence-electron chi connectivity index (χ2n) is 5.18. The molecule has 23 heavy (non-hydrogen) atoms. The van der Waals surface area contributed by atoms with Gasteiger partial charge in [-0.15, -0.1) is 0 Å². The predicted octanol–water partition coefficient (Wildman–Crippen LogP) is -2.27. The van der Waals surface area contributed by atoms with E-state index in [9.17, 15) is 19.5 Å². The molecule has 0 radical (unpaired) electrons. The van der Waals surface area contributed by atoms with E-state index in [2.05, 4.69) is 20.6 Å². The predicted molar refractivity (Wildman–Crippen MR) is 79.1 cm³/mol. The number of imidazole rings is 1. The average molecular weight is 327 g/mol. The van der Waals surface area contributed by atoms with Gasteiger partial charge in [-0.25, -0.2) is 4.98 Å². The van der Waals surface area contributed by atoms with Crippen molar-refractivity contribution in [2.45, 2.75) is 44.5 Å². The van der Waals surface area contributed by atoms with Gasteiger partial charge in [0.05, 0.1) is 12.4 Å². The Bertz CT molecular complexity index is 545. The summed E-state index contributed by atoms with van der Waals surface area (Å²) in [6, 6.07) is -3.38. The Morgan fingerprint density at radius 3 is 2.43 bits per heavy atom. The van der Waals surface area contributed by atoms with Gasteiger partial charge in [0.2, 0.25) is 11.8 Å². The zero-order valence-electron chi connectivity index (χ0n) is 12.8. The lowest BCUT2D eigenvalue weighted by molar-refractivity contribution is -0.141. The zero-order valence-corrected chi connectivity index (χ0v) is 12.8. The molecule has 4 atom stereocenters. The first-order valence-electron chi connectivity index (χ1n) is 6.96. The number of hydrogen-bond acceptors (Lipinski definition) is 6. The van der Waals surface area contributed by atoms with Crippen molar-refractivity contribution in [1.29, 1.82) is 0 Å². The number of hydrogen-bond donors (Lipinski definition) is 6. The normalized spacial score (nSPS) is 16.0. The van der Waals surface area contributed by atoms with Gasteiger partial charge in [-0.2, -0.15) is 0 Å². The molecule has 4 unspecified atom stereocenters. The topological polar surface area (TPSA) is 170 Å². The molecule has 0 bridgehead atoms. The lowest BCUT2D eigenvalue weighted by Crippen LogP contribution is -2.56. The van der Waals surface area contributed by atoms with Gasteiger partial charge < -0.3 is 31.6 Å². The maximum absolute atomic E-state index is 12.2. The Morgan fingerprint density at radius 1 is 1.30 bits per heavy atom. The van der Waals surface area contributed by atoms with Crippen molar-refractivity contribution in [2.75, 3.05) is 0 Å². The minimum atomic E-state index is -1.20. The third kappa shape index (κ3) is 5.68. The number of nitrogens with one attached hydrogen (secondary N) is 3. The first-order valence-corrected chi connectivity index (χ1v) is 6.96. The van der Waals surface area contributed by atoms with Crippen LogP contribution in [0.15, 0.2) is 12.5 Å². The summed E-state index contributed by atoms with van der Waals surface area (Å²) in [5.74, 6) is -2.60. The number of nitrogens with two attached hydrogens (primary N) is 1. The maximum atomic E-state index is 12.2. The highest BCUT2D eigenvalue weighted by atomic mass is 16.4. The van der Waals surface area contributed by atoms with E-state index in [4.69, 9.17) is 10.8 Å². The molecule has 1 aromatic rings. The van der Waals surface area contributed by atoms with E-state index in [-0.39, 0.29) is 6.42 Å². The molecule has 10 heteroatoms. The molecule has 0 saturated heterocycles. The SMILES string of the molecule is CC(NC(=O)C(Cc1cnc[nH]1)NC(=O)C(N)C(C)O)C(=O)O. The van der Waals surface area contributed by atoms with Crippen LogP contribution in [-0.2, 0) is 20.8 Å². The molecular weight excluding hydrogens is 306 g/mol. The highest BCUT2D eigenvalue weighted by Crippen LogP contribution is 2.01.